The molecule has 2 aliphatic heterocycles. The third-order valence-corrected chi connectivity index (χ3v) is 3.52. The molecule has 0 saturated carbocycles. The van der Waals surface area contributed by atoms with Crippen LogP contribution in [0.4, 0.5) is 0 Å². The van der Waals surface area contributed by atoms with Crippen molar-refractivity contribution in [2.75, 3.05) is 32.8 Å². The third-order valence-electron chi connectivity index (χ3n) is 3.52. The standard InChI is InChI=1S/C12H23NO3/c1-10(2)11(14)8-13-5-3-4-12(9-13)15-6-7-16-12/h10-11,14H,3-9H2,1-2H3/t11-/m1/s1. The Kier molecular flexibility index (Phi) is 3.85. The molecule has 0 aromatic rings. The van der Waals surface area contributed by atoms with Crippen molar-refractivity contribution >= 4 is 0 Å². The van der Waals surface area contributed by atoms with E-state index in [1.54, 1.807) is 0 Å². The molecule has 2 rings (SSSR count). The lowest BCUT2D eigenvalue weighted by Gasteiger charge is -2.39. The average Bonchev–Trinajstić information content (AvgIpc) is 2.66. The summed E-state index contributed by atoms with van der Waals surface area (Å²) in [7, 11) is 0. The lowest BCUT2D eigenvalue weighted by atomic mass is 10.0. The number of piperidine rings is 1. The van der Waals surface area contributed by atoms with Gasteiger partial charge in [-0.3, -0.25) is 4.90 Å². The Morgan fingerprint density at radius 1 is 1.31 bits per heavy atom. The van der Waals surface area contributed by atoms with Crippen LogP contribution < -0.4 is 0 Å². The summed E-state index contributed by atoms with van der Waals surface area (Å²) in [5, 5.41) is 9.89. The van der Waals surface area contributed by atoms with Crippen LogP contribution in [0.15, 0.2) is 0 Å². The van der Waals surface area contributed by atoms with Crippen molar-refractivity contribution in [3.63, 3.8) is 0 Å². The molecule has 1 atom stereocenters. The molecule has 0 bridgehead atoms. The molecule has 0 aromatic heterocycles. The second-order valence-corrected chi connectivity index (χ2v) is 5.26. The maximum absolute atomic E-state index is 9.89. The van der Waals surface area contributed by atoms with E-state index in [-0.39, 0.29) is 11.9 Å². The van der Waals surface area contributed by atoms with Gasteiger partial charge in [0.05, 0.1) is 25.9 Å². The Morgan fingerprint density at radius 3 is 2.62 bits per heavy atom. The fourth-order valence-corrected chi connectivity index (χ4v) is 2.43. The fourth-order valence-electron chi connectivity index (χ4n) is 2.43. The molecule has 2 heterocycles. The first-order valence-corrected chi connectivity index (χ1v) is 6.30. The molecule has 0 unspecified atom stereocenters. The zero-order chi connectivity index (χ0) is 11.6. The van der Waals surface area contributed by atoms with Gasteiger partial charge in [0.15, 0.2) is 5.79 Å². The van der Waals surface area contributed by atoms with Gasteiger partial charge in [-0.2, -0.15) is 0 Å². The van der Waals surface area contributed by atoms with Crippen molar-refractivity contribution in [3.05, 3.63) is 0 Å². The van der Waals surface area contributed by atoms with Gasteiger partial charge < -0.3 is 14.6 Å². The van der Waals surface area contributed by atoms with Crippen molar-refractivity contribution in [1.29, 1.82) is 0 Å². The average molecular weight is 229 g/mol. The molecule has 4 nitrogen and oxygen atoms in total. The predicted octanol–water partition coefficient (Wildman–Crippen LogP) is 0.842. The summed E-state index contributed by atoms with van der Waals surface area (Å²) in [6.45, 7) is 8.09. The Balaban J connectivity index is 1.87. The van der Waals surface area contributed by atoms with E-state index in [0.717, 1.165) is 32.5 Å². The highest BCUT2D eigenvalue weighted by Crippen LogP contribution is 2.30. The molecule has 2 fully saturated rings. The van der Waals surface area contributed by atoms with Crippen LogP contribution in [0.25, 0.3) is 0 Å². The van der Waals surface area contributed by atoms with Gasteiger partial charge in [0.2, 0.25) is 0 Å². The van der Waals surface area contributed by atoms with Gasteiger partial charge in [0.1, 0.15) is 0 Å². The first-order chi connectivity index (χ1) is 7.61. The molecule has 2 saturated heterocycles. The largest absolute Gasteiger partial charge is 0.392 e. The smallest absolute Gasteiger partial charge is 0.181 e. The number of likely N-dealkylation sites (tertiary alicyclic amines) is 1. The van der Waals surface area contributed by atoms with Crippen molar-refractivity contribution < 1.29 is 14.6 Å². The second kappa shape index (κ2) is 5.00. The van der Waals surface area contributed by atoms with Gasteiger partial charge in [0.25, 0.3) is 0 Å². The molecule has 0 aliphatic carbocycles. The van der Waals surface area contributed by atoms with Crippen molar-refractivity contribution in [3.8, 4) is 0 Å². The highest BCUT2D eigenvalue weighted by atomic mass is 16.7. The van der Waals surface area contributed by atoms with E-state index >= 15 is 0 Å². The minimum atomic E-state index is -0.366. The topological polar surface area (TPSA) is 41.9 Å². The van der Waals surface area contributed by atoms with Gasteiger partial charge in [-0.1, -0.05) is 13.8 Å². The number of β-amino-alcohol motifs (C(OH)–C–C–N with tert-alkyl or cyclic N) is 1. The van der Waals surface area contributed by atoms with Crippen molar-refractivity contribution in [1.82, 2.24) is 4.90 Å². The zero-order valence-corrected chi connectivity index (χ0v) is 10.3. The fraction of sp³-hybridized carbons (Fsp3) is 1.00. The predicted molar refractivity (Wildman–Crippen MR) is 61.2 cm³/mol. The van der Waals surface area contributed by atoms with E-state index in [1.165, 1.54) is 0 Å². The lowest BCUT2D eigenvalue weighted by Crippen LogP contribution is -2.51. The monoisotopic (exact) mass is 229 g/mol. The van der Waals surface area contributed by atoms with Crippen LogP contribution in [0.2, 0.25) is 0 Å². The quantitative estimate of drug-likeness (QED) is 0.779. The van der Waals surface area contributed by atoms with E-state index in [9.17, 15) is 5.11 Å². The van der Waals surface area contributed by atoms with Gasteiger partial charge in [-0.15, -0.1) is 0 Å². The molecule has 2 aliphatic rings. The first kappa shape index (κ1) is 12.3. The summed E-state index contributed by atoms with van der Waals surface area (Å²) in [6, 6.07) is 0. The van der Waals surface area contributed by atoms with Gasteiger partial charge in [-0.05, 0) is 18.9 Å². The highest BCUT2D eigenvalue weighted by Gasteiger charge is 2.40. The Hall–Kier alpha value is -0.160. The summed E-state index contributed by atoms with van der Waals surface area (Å²) in [4.78, 5) is 2.26. The summed E-state index contributed by atoms with van der Waals surface area (Å²) in [6.07, 6.45) is 1.82. The maximum Gasteiger partial charge on any atom is 0.181 e. The molecule has 1 N–H and O–H groups in total. The molecule has 0 radical (unpaired) electrons. The van der Waals surface area contributed by atoms with Crippen molar-refractivity contribution in [2.45, 2.75) is 38.6 Å². The van der Waals surface area contributed by atoms with Crippen LogP contribution in [0, 0.1) is 5.92 Å². The number of aliphatic hydroxyl groups is 1. The number of nitrogens with zero attached hydrogens (tertiary/aromatic N) is 1. The van der Waals surface area contributed by atoms with E-state index in [4.69, 9.17) is 9.47 Å². The molecule has 0 aromatic carbocycles. The minimum Gasteiger partial charge on any atom is -0.392 e. The Labute approximate surface area is 97.5 Å². The van der Waals surface area contributed by atoms with Crippen LogP contribution >= 0.6 is 0 Å². The van der Waals surface area contributed by atoms with Crippen LogP contribution in [-0.4, -0.2) is 54.7 Å². The summed E-state index contributed by atoms with van der Waals surface area (Å²) in [5.74, 6) is -0.0575. The SMILES string of the molecule is CC(C)[C@H](O)CN1CCCC2(C1)OCCO2. The zero-order valence-electron chi connectivity index (χ0n) is 10.3. The summed E-state index contributed by atoms with van der Waals surface area (Å²) >= 11 is 0. The van der Waals surface area contributed by atoms with Gasteiger partial charge >= 0.3 is 0 Å². The van der Waals surface area contributed by atoms with Crippen LogP contribution in [-0.2, 0) is 9.47 Å². The lowest BCUT2D eigenvalue weighted by molar-refractivity contribution is -0.191. The van der Waals surface area contributed by atoms with E-state index < -0.39 is 0 Å². The summed E-state index contributed by atoms with van der Waals surface area (Å²) in [5.41, 5.74) is 0. The van der Waals surface area contributed by atoms with Crippen LogP contribution in [0.3, 0.4) is 0 Å². The molecular formula is C12H23NO3. The first-order valence-electron chi connectivity index (χ1n) is 6.30. The Bertz CT molecular complexity index is 226. The minimum absolute atomic E-state index is 0.253. The Morgan fingerprint density at radius 2 is 2.00 bits per heavy atom. The molecule has 4 heteroatoms. The molecule has 0 amide bonds. The summed E-state index contributed by atoms with van der Waals surface area (Å²) < 4.78 is 11.4. The highest BCUT2D eigenvalue weighted by molar-refractivity contribution is 4.85. The van der Waals surface area contributed by atoms with Crippen LogP contribution in [0.1, 0.15) is 26.7 Å². The number of rotatable bonds is 3. The van der Waals surface area contributed by atoms with Gasteiger partial charge in [0, 0.05) is 13.0 Å². The van der Waals surface area contributed by atoms with E-state index in [2.05, 4.69) is 4.90 Å². The molecule has 94 valence electrons. The second-order valence-electron chi connectivity index (χ2n) is 5.26. The number of hydrogen-bond acceptors (Lipinski definition) is 4. The van der Waals surface area contributed by atoms with E-state index in [1.807, 2.05) is 13.8 Å². The molecule has 1 spiro atoms. The maximum atomic E-state index is 9.89. The molecule has 16 heavy (non-hydrogen) atoms. The number of hydrogen-bond donors (Lipinski definition) is 1. The van der Waals surface area contributed by atoms with Gasteiger partial charge in [-0.25, -0.2) is 0 Å². The van der Waals surface area contributed by atoms with E-state index in [0.29, 0.717) is 19.1 Å². The number of aliphatic hydroxyl groups excluding tert-OH is 1. The number of ether oxygens (including phenoxy) is 2. The molecular weight excluding hydrogens is 206 g/mol. The normalized spacial score (nSPS) is 27.8. The third kappa shape index (κ3) is 2.74. The van der Waals surface area contributed by atoms with Crippen LogP contribution in [0.5, 0.6) is 0 Å². The van der Waals surface area contributed by atoms with Crippen molar-refractivity contribution in [2.24, 2.45) is 5.92 Å².